The van der Waals surface area contributed by atoms with E-state index in [1.807, 2.05) is 0 Å². The van der Waals surface area contributed by atoms with Crippen molar-refractivity contribution in [1.82, 2.24) is 15.9 Å². The second kappa shape index (κ2) is 6.62. The van der Waals surface area contributed by atoms with Gasteiger partial charge < -0.3 is 0 Å². The molecule has 1 aliphatic heterocycles. The Morgan fingerprint density at radius 2 is 2.07 bits per heavy atom. The van der Waals surface area contributed by atoms with E-state index >= 15 is 0 Å². The van der Waals surface area contributed by atoms with Crippen molar-refractivity contribution >= 4 is 5.96 Å². The zero-order valence-electron chi connectivity index (χ0n) is 8.92. The van der Waals surface area contributed by atoms with E-state index in [9.17, 15) is 0 Å². The molecule has 0 unspecified atom stereocenters. The first-order chi connectivity index (χ1) is 6.86. The third kappa shape index (κ3) is 3.93. The summed E-state index contributed by atoms with van der Waals surface area (Å²) >= 11 is 0. The van der Waals surface area contributed by atoms with Crippen molar-refractivity contribution in [3.8, 4) is 0 Å². The largest absolute Gasteiger partial charge is 0.293 e. The zero-order chi connectivity index (χ0) is 10.2. The van der Waals surface area contributed by atoms with Gasteiger partial charge in [0.15, 0.2) is 0 Å². The maximum atomic E-state index is 5.36. The lowest BCUT2D eigenvalue weighted by molar-refractivity contribution is 0.191. The first-order valence-corrected chi connectivity index (χ1v) is 5.39. The number of guanidine groups is 1. The molecule has 82 valence electrons. The molecule has 0 atom stereocenters. The Kier molecular flexibility index (Phi) is 5.32. The highest BCUT2D eigenvalue weighted by Gasteiger charge is 2.10. The number of hydrogen-bond acceptors (Lipinski definition) is 3. The first kappa shape index (κ1) is 11.3. The monoisotopic (exact) mass is 199 g/mol. The fourth-order valence-corrected chi connectivity index (χ4v) is 1.49. The Morgan fingerprint density at radius 1 is 1.36 bits per heavy atom. The molecule has 14 heavy (non-hydrogen) atoms. The molecule has 1 fully saturated rings. The highest BCUT2D eigenvalue weighted by molar-refractivity contribution is 5.78. The van der Waals surface area contributed by atoms with Gasteiger partial charge in [-0.05, 0) is 19.3 Å². The quantitative estimate of drug-likeness (QED) is 0.263. The summed E-state index contributed by atoms with van der Waals surface area (Å²) in [5, 5.41) is 2.16. The van der Waals surface area contributed by atoms with Gasteiger partial charge in [0.1, 0.15) is 0 Å². The summed E-state index contributed by atoms with van der Waals surface area (Å²) < 4.78 is 0. The van der Waals surface area contributed by atoms with Crippen molar-refractivity contribution in [1.29, 1.82) is 0 Å². The van der Waals surface area contributed by atoms with Crippen LogP contribution in [0.5, 0.6) is 0 Å². The second-order valence-corrected chi connectivity index (χ2v) is 3.53. The number of aliphatic imine (C=N–C) groups is 1. The van der Waals surface area contributed by atoms with Crippen LogP contribution < -0.4 is 16.7 Å². The number of nitrogens with one attached hydrogen (secondary N) is 2. The smallest absolute Gasteiger partial charge is 0.220 e. The van der Waals surface area contributed by atoms with Gasteiger partial charge in [-0.2, -0.15) is 0 Å². The standard InChI is InChI=1S/C9H21N5/c1-2-6-11-9(12-10)13-14-7-4-3-5-8-14/h2-8,10H2,1H3,(H2,11,12,13). The molecule has 0 aliphatic carbocycles. The van der Waals surface area contributed by atoms with Crippen LogP contribution in [0.15, 0.2) is 4.99 Å². The van der Waals surface area contributed by atoms with Gasteiger partial charge in [-0.15, -0.1) is 0 Å². The Morgan fingerprint density at radius 3 is 2.64 bits per heavy atom. The first-order valence-electron chi connectivity index (χ1n) is 5.39. The van der Waals surface area contributed by atoms with Gasteiger partial charge in [0.05, 0.1) is 0 Å². The number of hydrogen-bond donors (Lipinski definition) is 3. The summed E-state index contributed by atoms with van der Waals surface area (Å²) in [5.74, 6) is 6.04. The summed E-state index contributed by atoms with van der Waals surface area (Å²) in [6, 6.07) is 0. The van der Waals surface area contributed by atoms with E-state index < -0.39 is 0 Å². The van der Waals surface area contributed by atoms with Gasteiger partial charge in [0.25, 0.3) is 0 Å². The molecule has 1 aliphatic rings. The number of piperidine rings is 1. The average molecular weight is 199 g/mol. The van der Waals surface area contributed by atoms with Crippen molar-refractivity contribution in [3.05, 3.63) is 0 Å². The Balaban J connectivity index is 2.30. The minimum Gasteiger partial charge on any atom is -0.293 e. The molecule has 0 saturated carbocycles. The van der Waals surface area contributed by atoms with Crippen LogP contribution in [0.4, 0.5) is 0 Å². The third-order valence-corrected chi connectivity index (χ3v) is 2.25. The maximum Gasteiger partial charge on any atom is 0.220 e. The van der Waals surface area contributed by atoms with Crippen LogP contribution in [0.3, 0.4) is 0 Å². The van der Waals surface area contributed by atoms with Crippen molar-refractivity contribution < 1.29 is 0 Å². The van der Waals surface area contributed by atoms with Crippen LogP contribution in [-0.4, -0.2) is 30.6 Å². The molecule has 1 rings (SSSR count). The summed E-state index contributed by atoms with van der Waals surface area (Å²) in [4.78, 5) is 4.28. The lowest BCUT2D eigenvalue weighted by Gasteiger charge is -2.27. The minimum atomic E-state index is 0.675. The second-order valence-electron chi connectivity index (χ2n) is 3.53. The van der Waals surface area contributed by atoms with E-state index in [-0.39, 0.29) is 0 Å². The highest BCUT2D eigenvalue weighted by atomic mass is 15.6. The summed E-state index contributed by atoms with van der Waals surface area (Å²) in [6.07, 6.45) is 4.86. The predicted molar refractivity (Wildman–Crippen MR) is 58.5 cm³/mol. The van der Waals surface area contributed by atoms with Crippen molar-refractivity contribution in [3.63, 3.8) is 0 Å². The van der Waals surface area contributed by atoms with Crippen LogP contribution in [0.1, 0.15) is 32.6 Å². The highest BCUT2D eigenvalue weighted by Crippen LogP contribution is 2.05. The molecule has 4 N–H and O–H groups in total. The third-order valence-electron chi connectivity index (χ3n) is 2.25. The average Bonchev–Trinajstić information content (AvgIpc) is 2.25. The van der Waals surface area contributed by atoms with Gasteiger partial charge >= 0.3 is 0 Å². The fraction of sp³-hybridized carbons (Fsp3) is 0.889. The van der Waals surface area contributed by atoms with Crippen LogP contribution >= 0.6 is 0 Å². The van der Waals surface area contributed by atoms with Gasteiger partial charge in [0.2, 0.25) is 5.96 Å². The molecular formula is C9H21N5. The molecule has 5 nitrogen and oxygen atoms in total. The molecule has 1 heterocycles. The molecule has 0 spiro atoms. The van der Waals surface area contributed by atoms with Crippen LogP contribution in [0.2, 0.25) is 0 Å². The molecule has 0 aromatic heterocycles. The summed E-state index contributed by atoms with van der Waals surface area (Å²) in [7, 11) is 0. The molecule has 5 heteroatoms. The topological polar surface area (TPSA) is 65.7 Å². The van der Waals surface area contributed by atoms with Crippen LogP contribution in [0.25, 0.3) is 0 Å². The van der Waals surface area contributed by atoms with Gasteiger partial charge in [-0.1, -0.05) is 13.3 Å². The number of nitrogens with zero attached hydrogens (tertiary/aromatic N) is 2. The molecule has 1 saturated heterocycles. The summed E-state index contributed by atoms with van der Waals surface area (Å²) in [5.41, 5.74) is 5.77. The Labute approximate surface area is 85.7 Å². The van der Waals surface area contributed by atoms with Gasteiger partial charge in [-0.3, -0.25) is 15.8 Å². The van der Waals surface area contributed by atoms with Crippen molar-refractivity contribution in [2.24, 2.45) is 10.8 Å². The SMILES string of the molecule is CCCN=C(NN)NN1CCCCC1. The maximum absolute atomic E-state index is 5.36. The van der Waals surface area contributed by atoms with E-state index in [4.69, 9.17) is 5.84 Å². The zero-order valence-corrected chi connectivity index (χ0v) is 8.92. The Hall–Kier alpha value is -0.810. The molecule has 0 radical (unpaired) electrons. The van der Waals surface area contributed by atoms with Crippen LogP contribution in [-0.2, 0) is 0 Å². The molecule has 0 aromatic carbocycles. The van der Waals surface area contributed by atoms with Gasteiger partial charge in [0, 0.05) is 19.6 Å². The minimum absolute atomic E-state index is 0.675. The van der Waals surface area contributed by atoms with E-state index in [0.717, 1.165) is 26.1 Å². The summed E-state index contributed by atoms with van der Waals surface area (Å²) in [6.45, 7) is 5.05. The Bertz CT molecular complexity index is 174. The van der Waals surface area contributed by atoms with E-state index in [2.05, 4.69) is 27.8 Å². The van der Waals surface area contributed by atoms with Crippen molar-refractivity contribution in [2.45, 2.75) is 32.6 Å². The number of nitrogens with two attached hydrogens (primary N) is 1. The molecule has 0 aromatic rings. The predicted octanol–water partition coefficient (Wildman–Crippen LogP) is 0.206. The van der Waals surface area contributed by atoms with E-state index in [1.165, 1.54) is 19.3 Å². The number of rotatable bonds is 3. The normalized spacial score (nSPS) is 19.4. The lowest BCUT2D eigenvalue weighted by atomic mass is 10.2. The van der Waals surface area contributed by atoms with Crippen LogP contribution in [0, 0.1) is 0 Å². The van der Waals surface area contributed by atoms with E-state index in [1.54, 1.807) is 0 Å². The molecular weight excluding hydrogens is 178 g/mol. The van der Waals surface area contributed by atoms with Crippen molar-refractivity contribution in [2.75, 3.05) is 19.6 Å². The molecule has 0 bridgehead atoms. The number of hydrazine groups is 2. The fourth-order valence-electron chi connectivity index (χ4n) is 1.49. The van der Waals surface area contributed by atoms with E-state index in [0.29, 0.717) is 5.96 Å². The van der Waals surface area contributed by atoms with Gasteiger partial charge in [-0.25, -0.2) is 10.9 Å². The lowest BCUT2D eigenvalue weighted by Crippen LogP contribution is -2.52. The molecule has 0 amide bonds.